The van der Waals surface area contributed by atoms with Crippen molar-refractivity contribution >= 4 is 15.9 Å². The molecule has 3 unspecified atom stereocenters. The van der Waals surface area contributed by atoms with Crippen LogP contribution in [0.25, 0.3) is 0 Å². The zero-order chi connectivity index (χ0) is 13.8. The van der Waals surface area contributed by atoms with Crippen molar-refractivity contribution in [2.45, 2.75) is 31.9 Å². The van der Waals surface area contributed by atoms with Crippen LogP contribution in [-0.4, -0.2) is 25.9 Å². The Morgan fingerprint density at radius 2 is 2.37 bits per heavy atom. The van der Waals surface area contributed by atoms with Crippen molar-refractivity contribution in [1.82, 2.24) is 5.43 Å². The van der Waals surface area contributed by atoms with E-state index in [2.05, 4.69) is 34.3 Å². The highest BCUT2D eigenvalue weighted by Crippen LogP contribution is 2.29. The van der Waals surface area contributed by atoms with Gasteiger partial charge in [0.1, 0.15) is 5.75 Å². The first kappa shape index (κ1) is 14.8. The number of halogens is 1. The summed E-state index contributed by atoms with van der Waals surface area (Å²) in [6.07, 6.45) is 2.16. The predicted molar refractivity (Wildman–Crippen MR) is 79.0 cm³/mol. The highest BCUT2D eigenvalue weighted by atomic mass is 79.9. The van der Waals surface area contributed by atoms with Crippen LogP contribution in [0, 0.1) is 5.92 Å². The Morgan fingerprint density at radius 3 is 2.95 bits per heavy atom. The van der Waals surface area contributed by atoms with Gasteiger partial charge in [0.2, 0.25) is 0 Å². The van der Waals surface area contributed by atoms with Crippen molar-refractivity contribution in [3.05, 3.63) is 28.2 Å². The first-order chi connectivity index (χ1) is 9.15. The minimum absolute atomic E-state index is 0.209. The average molecular weight is 329 g/mol. The molecule has 0 spiro atoms. The van der Waals surface area contributed by atoms with Gasteiger partial charge in [-0.3, -0.25) is 11.3 Å². The molecular formula is C14H21BrN2O2. The molecule has 19 heavy (non-hydrogen) atoms. The minimum atomic E-state index is 0.209. The second-order valence-electron chi connectivity index (χ2n) is 4.96. The first-order valence-corrected chi connectivity index (χ1v) is 7.35. The molecule has 1 fully saturated rings. The van der Waals surface area contributed by atoms with E-state index in [9.17, 15) is 0 Å². The third-order valence-corrected chi connectivity index (χ3v) is 4.63. The lowest BCUT2D eigenvalue weighted by atomic mass is 9.89. The third-order valence-electron chi connectivity index (χ3n) is 3.86. The normalized spacial score (nSPS) is 24.4. The van der Waals surface area contributed by atoms with Crippen molar-refractivity contribution < 1.29 is 9.47 Å². The molecule has 1 aromatic carbocycles. The van der Waals surface area contributed by atoms with Gasteiger partial charge in [0.25, 0.3) is 0 Å². The van der Waals surface area contributed by atoms with Gasteiger partial charge in [-0.05, 0) is 43.5 Å². The number of benzene rings is 1. The lowest BCUT2D eigenvalue weighted by molar-refractivity contribution is 0.0954. The second kappa shape index (κ2) is 6.70. The zero-order valence-electron chi connectivity index (χ0n) is 11.4. The maximum absolute atomic E-state index is 5.73. The second-order valence-corrected chi connectivity index (χ2v) is 5.82. The molecule has 2 rings (SSSR count). The van der Waals surface area contributed by atoms with Crippen LogP contribution < -0.4 is 16.0 Å². The monoisotopic (exact) mass is 328 g/mol. The molecule has 0 saturated carbocycles. The summed E-state index contributed by atoms with van der Waals surface area (Å²) < 4.78 is 12.0. The van der Waals surface area contributed by atoms with Gasteiger partial charge in [0.05, 0.1) is 13.2 Å². The van der Waals surface area contributed by atoms with Crippen LogP contribution in [0.4, 0.5) is 0 Å². The maximum Gasteiger partial charge on any atom is 0.119 e. The summed E-state index contributed by atoms with van der Waals surface area (Å²) >= 11 is 3.59. The van der Waals surface area contributed by atoms with E-state index >= 15 is 0 Å². The lowest BCUT2D eigenvalue weighted by Crippen LogP contribution is -2.44. The number of nitrogens with two attached hydrogens (primary N) is 1. The van der Waals surface area contributed by atoms with Crippen molar-refractivity contribution in [3.63, 3.8) is 0 Å². The molecule has 0 radical (unpaired) electrons. The number of methoxy groups -OCH3 is 1. The Kier molecular flexibility index (Phi) is 5.21. The van der Waals surface area contributed by atoms with Crippen LogP contribution in [0.5, 0.6) is 5.75 Å². The molecule has 4 nitrogen and oxygen atoms in total. The van der Waals surface area contributed by atoms with E-state index < -0.39 is 0 Å². The highest BCUT2D eigenvalue weighted by Gasteiger charge is 2.31. The van der Waals surface area contributed by atoms with E-state index in [4.69, 9.17) is 15.3 Å². The molecule has 5 heteroatoms. The SMILES string of the molecule is COc1ccc(Br)c(CC(NN)C2CCOC2C)c1. The molecule has 1 saturated heterocycles. The van der Waals surface area contributed by atoms with Crippen molar-refractivity contribution in [3.8, 4) is 5.75 Å². The van der Waals surface area contributed by atoms with Crippen LogP contribution in [0.1, 0.15) is 18.9 Å². The lowest BCUT2D eigenvalue weighted by Gasteiger charge is -2.25. The number of rotatable bonds is 5. The molecule has 3 atom stereocenters. The van der Waals surface area contributed by atoms with Crippen molar-refractivity contribution in [2.75, 3.05) is 13.7 Å². The van der Waals surface area contributed by atoms with Crippen LogP contribution in [0.15, 0.2) is 22.7 Å². The number of ether oxygens (including phenoxy) is 2. The molecule has 1 aromatic rings. The molecule has 1 aliphatic heterocycles. The van der Waals surface area contributed by atoms with Gasteiger partial charge in [-0.25, -0.2) is 0 Å². The molecular weight excluding hydrogens is 308 g/mol. The van der Waals surface area contributed by atoms with E-state index in [0.29, 0.717) is 5.92 Å². The molecule has 0 bridgehead atoms. The molecule has 0 aliphatic carbocycles. The van der Waals surface area contributed by atoms with E-state index in [0.717, 1.165) is 29.7 Å². The summed E-state index contributed by atoms with van der Waals surface area (Å²) in [4.78, 5) is 0. The minimum Gasteiger partial charge on any atom is -0.497 e. The van der Waals surface area contributed by atoms with E-state index in [1.165, 1.54) is 5.56 Å². The van der Waals surface area contributed by atoms with E-state index in [-0.39, 0.29) is 12.1 Å². The van der Waals surface area contributed by atoms with Gasteiger partial charge in [-0.2, -0.15) is 0 Å². The maximum atomic E-state index is 5.73. The number of nitrogens with one attached hydrogen (secondary N) is 1. The molecule has 3 N–H and O–H groups in total. The average Bonchev–Trinajstić information content (AvgIpc) is 2.84. The summed E-state index contributed by atoms with van der Waals surface area (Å²) in [5.74, 6) is 7.04. The summed E-state index contributed by atoms with van der Waals surface area (Å²) in [5, 5.41) is 0. The summed E-state index contributed by atoms with van der Waals surface area (Å²) in [7, 11) is 1.68. The van der Waals surface area contributed by atoms with Crippen LogP contribution in [0.2, 0.25) is 0 Å². The van der Waals surface area contributed by atoms with Crippen LogP contribution >= 0.6 is 15.9 Å². The fraction of sp³-hybridized carbons (Fsp3) is 0.571. The van der Waals surface area contributed by atoms with Crippen LogP contribution in [0.3, 0.4) is 0 Å². The number of hydrazine groups is 1. The Bertz CT molecular complexity index is 428. The quantitative estimate of drug-likeness (QED) is 0.643. The Hall–Kier alpha value is -0.620. The summed E-state index contributed by atoms with van der Waals surface area (Å²) in [5.41, 5.74) is 4.14. The smallest absolute Gasteiger partial charge is 0.119 e. The van der Waals surface area contributed by atoms with E-state index in [1.54, 1.807) is 7.11 Å². The van der Waals surface area contributed by atoms with Gasteiger partial charge in [-0.15, -0.1) is 0 Å². The third kappa shape index (κ3) is 3.48. The number of hydrogen-bond donors (Lipinski definition) is 2. The largest absolute Gasteiger partial charge is 0.497 e. The predicted octanol–water partition coefficient (Wildman–Crippen LogP) is 2.26. The first-order valence-electron chi connectivity index (χ1n) is 6.56. The standard InChI is InChI=1S/C14H21BrN2O2/c1-9-12(5-6-19-9)14(17-16)8-10-7-11(18-2)3-4-13(10)15/h3-4,7,9,12,14,17H,5-6,8,16H2,1-2H3. The highest BCUT2D eigenvalue weighted by molar-refractivity contribution is 9.10. The van der Waals surface area contributed by atoms with Gasteiger partial charge >= 0.3 is 0 Å². The fourth-order valence-corrected chi connectivity index (χ4v) is 3.09. The molecule has 1 heterocycles. The van der Waals surface area contributed by atoms with Gasteiger partial charge in [0.15, 0.2) is 0 Å². The van der Waals surface area contributed by atoms with Crippen molar-refractivity contribution in [1.29, 1.82) is 0 Å². The Balaban J connectivity index is 2.13. The Labute approximate surface area is 122 Å². The van der Waals surface area contributed by atoms with E-state index in [1.807, 2.05) is 12.1 Å². The van der Waals surface area contributed by atoms with Crippen LogP contribution in [-0.2, 0) is 11.2 Å². The van der Waals surface area contributed by atoms with Gasteiger partial charge in [0, 0.05) is 23.0 Å². The topological polar surface area (TPSA) is 56.5 Å². The van der Waals surface area contributed by atoms with Gasteiger partial charge < -0.3 is 9.47 Å². The molecule has 1 aliphatic rings. The number of hydrogen-bond acceptors (Lipinski definition) is 4. The zero-order valence-corrected chi connectivity index (χ0v) is 12.9. The van der Waals surface area contributed by atoms with Gasteiger partial charge in [-0.1, -0.05) is 15.9 Å². The Morgan fingerprint density at radius 1 is 1.58 bits per heavy atom. The molecule has 0 amide bonds. The molecule has 0 aromatic heterocycles. The summed E-state index contributed by atoms with van der Waals surface area (Å²) in [6, 6.07) is 6.21. The van der Waals surface area contributed by atoms with Crippen molar-refractivity contribution in [2.24, 2.45) is 11.8 Å². The fourth-order valence-electron chi connectivity index (χ4n) is 2.68. The molecule has 106 valence electrons. The summed E-state index contributed by atoms with van der Waals surface area (Å²) in [6.45, 7) is 2.94.